The van der Waals surface area contributed by atoms with Crippen molar-refractivity contribution in [2.75, 3.05) is 13.7 Å². The molecule has 1 atom stereocenters. The van der Waals surface area contributed by atoms with Gasteiger partial charge in [0, 0.05) is 6.54 Å². The van der Waals surface area contributed by atoms with Crippen LogP contribution >= 0.6 is 0 Å². The van der Waals surface area contributed by atoms with Crippen LogP contribution in [0.1, 0.15) is 40.6 Å². The molecular weight excluding hydrogens is 468 g/mol. The van der Waals surface area contributed by atoms with Gasteiger partial charge in [0.05, 0.1) is 30.6 Å². The van der Waals surface area contributed by atoms with E-state index in [1.165, 1.54) is 7.11 Å². The zero-order valence-electron chi connectivity index (χ0n) is 20.6. The summed E-state index contributed by atoms with van der Waals surface area (Å²) in [6, 6.07) is 26.0. The molecule has 0 saturated heterocycles. The fraction of sp³-hybridized carbons (Fsp3) is 0.207. The van der Waals surface area contributed by atoms with Crippen LogP contribution in [0.4, 0.5) is 4.79 Å². The minimum Gasteiger partial charge on any atom is -0.496 e. The Morgan fingerprint density at radius 2 is 1.65 bits per heavy atom. The van der Waals surface area contributed by atoms with Gasteiger partial charge < -0.3 is 25.1 Å². The third kappa shape index (κ3) is 7.20. The van der Waals surface area contributed by atoms with E-state index in [2.05, 4.69) is 20.6 Å². The maximum absolute atomic E-state index is 13.1. The van der Waals surface area contributed by atoms with Gasteiger partial charge in [-0.3, -0.25) is 4.79 Å². The van der Waals surface area contributed by atoms with E-state index in [9.17, 15) is 9.59 Å². The third-order valence-electron chi connectivity index (χ3n) is 5.82. The predicted molar refractivity (Wildman–Crippen MR) is 141 cm³/mol. The van der Waals surface area contributed by atoms with Gasteiger partial charge in [0.1, 0.15) is 18.2 Å². The van der Waals surface area contributed by atoms with Crippen LogP contribution in [0.15, 0.2) is 91.1 Å². The zero-order chi connectivity index (χ0) is 25.9. The smallest absolute Gasteiger partial charge is 0.407 e. The summed E-state index contributed by atoms with van der Waals surface area (Å²) in [5, 5.41) is 5.84. The number of carbonyl (C=O) groups is 2. The summed E-state index contributed by atoms with van der Waals surface area (Å²) < 4.78 is 10.6. The first-order chi connectivity index (χ1) is 18.1. The van der Waals surface area contributed by atoms with Crippen LogP contribution in [0.3, 0.4) is 0 Å². The Hall–Kier alpha value is -4.59. The lowest BCUT2D eigenvalue weighted by Crippen LogP contribution is -2.31. The van der Waals surface area contributed by atoms with Crippen LogP contribution in [0.2, 0.25) is 0 Å². The normalized spacial score (nSPS) is 11.4. The highest BCUT2D eigenvalue weighted by atomic mass is 16.5. The molecule has 8 heteroatoms. The maximum atomic E-state index is 13.1. The number of nitrogens with zero attached hydrogens (tertiary/aromatic N) is 1. The Morgan fingerprint density at radius 3 is 2.41 bits per heavy atom. The quantitative estimate of drug-likeness (QED) is 0.245. The van der Waals surface area contributed by atoms with Crippen LogP contribution in [-0.2, 0) is 11.3 Å². The van der Waals surface area contributed by atoms with E-state index in [4.69, 9.17) is 9.47 Å². The number of hydrogen-bond donors (Lipinski definition) is 3. The first kappa shape index (κ1) is 25.5. The summed E-state index contributed by atoms with van der Waals surface area (Å²) in [5.74, 6) is 0.857. The molecule has 0 aliphatic heterocycles. The van der Waals surface area contributed by atoms with Crippen molar-refractivity contribution < 1.29 is 19.1 Å². The summed E-state index contributed by atoms with van der Waals surface area (Å²) in [4.78, 5) is 33.1. The Balaban J connectivity index is 1.39. The Kier molecular flexibility index (Phi) is 8.91. The second-order valence-electron chi connectivity index (χ2n) is 8.41. The van der Waals surface area contributed by atoms with Crippen molar-refractivity contribution in [3.8, 4) is 17.0 Å². The lowest BCUT2D eigenvalue weighted by atomic mass is 10.1. The number of H-pyrrole nitrogens is 1. The summed E-state index contributed by atoms with van der Waals surface area (Å²) in [6.07, 6.45) is 2.41. The molecule has 0 radical (unpaired) electrons. The summed E-state index contributed by atoms with van der Waals surface area (Å²) in [7, 11) is 1.53. The summed E-state index contributed by atoms with van der Waals surface area (Å²) in [6.45, 7) is 0.597. The van der Waals surface area contributed by atoms with Crippen molar-refractivity contribution >= 4 is 12.0 Å². The Morgan fingerprint density at radius 1 is 0.946 bits per heavy atom. The van der Waals surface area contributed by atoms with Crippen LogP contribution < -0.4 is 15.4 Å². The van der Waals surface area contributed by atoms with E-state index < -0.39 is 12.1 Å². The van der Waals surface area contributed by atoms with Crippen LogP contribution in [-0.4, -0.2) is 35.6 Å². The molecule has 0 aliphatic carbocycles. The number of aromatic nitrogens is 2. The Bertz CT molecular complexity index is 1290. The number of nitrogens with one attached hydrogen (secondary N) is 3. The lowest BCUT2D eigenvalue weighted by molar-refractivity contribution is 0.0928. The minimum absolute atomic E-state index is 0.207. The monoisotopic (exact) mass is 498 g/mol. The molecule has 37 heavy (non-hydrogen) atoms. The number of alkyl carbamates (subject to hydrolysis) is 1. The highest BCUT2D eigenvalue weighted by Gasteiger charge is 2.21. The molecule has 4 rings (SSSR count). The zero-order valence-corrected chi connectivity index (χ0v) is 20.6. The van der Waals surface area contributed by atoms with E-state index in [1.807, 2.05) is 66.7 Å². The Labute approximate surface area is 216 Å². The number of hydrogen-bond acceptors (Lipinski definition) is 5. The molecule has 3 N–H and O–H groups in total. The number of aromatic amines is 1. The molecule has 0 unspecified atom stereocenters. The van der Waals surface area contributed by atoms with Crippen LogP contribution in [0, 0.1) is 0 Å². The molecule has 4 aromatic rings. The fourth-order valence-corrected chi connectivity index (χ4v) is 3.89. The van der Waals surface area contributed by atoms with E-state index in [-0.39, 0.29) is 12.5 Å². The van der Waals surface area contributed by atoms with Crippen molar-refractivity contribution in [3.05, 3.63) is 108 Å². The number of methoxy groups -OCH3 is 1. The van der Waals surface area contributed by atoms with Gasteiger partial charge in [-0.25, -0.2) is 9.78 Å². The molecule has 1 heterocycles. The molecule has 8 nitrogen and oxygen atoms in total. The van der Waals surface area contributed by atoms with Gasteiger partial charge >= 0.3 is 6.09 Å². The standard InChI is InChI=1S/C29H30N4O4/c1-36-26-17-9-8-15-23(26)28(34)33-24(27-31-19-25(32-27)22-13-6-3-7-14-22)16-10-18-30-29(35)37-20-21-11-4-2-5-12-21/h2-9,11-15,17,19,24H,10,16,18,20H2,1H3,(H,30,35)(H,31,32)(H,33,34)/t24-/m0/s1. The molecule has 2 amide bonds. The van der Waals surface area contributed by atoms with Crippen LogP contribution in [0.5, 0.6) is 5.75 Å². The highest BCUT2D eigenvalue weighted by Crippen LogP contribution is 2.23. The minimum atomic E-state index is -0.483. The van der Waals surface area contributed by atoms with Gasteiger partial charge in [-0.05, 0) is 36.1 Å². The first-order valence-corrected chi connectivity index (χ1v) is 12.1. The average Bonchev–Trinajstić information content (AvgIpc) is 3.45. The van der Waals surface area contributed by atoms with Crippen molar-refractivity contribution in [2.45, 2.75) is 25.5 Å². The van der Waals surface area contributed by atoms with Gasteiger partial charge in [-0.15, -0.1) is 0 Å². The average molecular weight is 499 g/mol. The van der Waals surface area contributed by atoms with Crippen LogP contribution in [0.25, 0.3) is 11.3 Å². The molecule has 0 bridgehead atoms. The molecule has 1 aromatic heterocycles. The second-order valence-corrected chi connectivity index (χ2v) is 8.41. The summed E-state index contributed by atoms with van der Waals surface area (Å²) >= 11 is 0. The number of imidazole rings is 1. The van der Waals surface area contributed by atoms with Crippen molar-refractivity contribution in [2.24, 2.45) is 0 Å². The topological polar surface area (TPSA) is 105 Å². The fourth-order valence-electron chi connectivity index (χ4n) is 3.89. The van der Waals surface area contributed by atoms with Crippen molar-refractivity contribution in [3.63, 3.8) is 0 Å². The number of rotatable bonds is 11. The van der Waals surface area contributed by atoms with Crippen molar-refractivity contribution in [1.29, 1.82) is 0 Å². The maximum Gasteiger partial charge on any atom is 0.407 e. The van der Waals surface area contributed by atoms with E-state index in [0.29, 0.717) is 36.5 Å². The molecule has 3 aromatic carbocycles. The highest BCUT2D eigenvalue weighted by molar-refractivity contribution is 5.97. The number of amides is 2. The molecule has 0 fully saturated rings. The largest absolute Gasteiger partial charge is 0.496 e. The molecule has 0 saturated carbocycles. The van der Waals surface area contributed by atoms with Gasteiger partial charge in [-0.1, -0.05) is 72.8 Å². The third-order valence-corrected chi connectivity index (χ3v) is 5.82. The SMILES string of the molecule is COc1ccccc1C(=O)N[C@@H](CCCNC(=O)OCc1ccccc1)c1ncc(-c2ccccc2)[nH]1. The van der Waals surface area contributed by atoms with E-state index in [0.717, 1.165) is 16.8 Å². The van der Waals surface area contributed by atoms with Gasteiger partial charge in [0.25, 0.3) is 5.91 Å². The van der Waals surface area contributed by atoms with E-state index in [1.54, 1.807) is 24.4 Å². The number of ether oxygens (including phenoxy) is 2. The predicted octanol–water partition coefficient (Wildman–Crippen LogP) is 5.26. The van der Waals surface area contributed by atoms with Gasteiger partial charge in [0.15, 0.2) is 0 Å². The molecule has 0 spiro atoms. The second kappa shape index (κ2) is 12.9. The van der Waals surface area contributed by atoms with Gasteiger partial charge in [0.2, 0.25) is 0 Å². The first-order valence-electron chi connectivity index (χ1n) is 12.1. The lowest BCUT2D eigenvalue weighted by Gasteiger charge is -2.18. The molecular formula is C29H30N4O4. The number of carbonyl (C=O) groups excluding carboxylic acids is 2. The van der Waals surface area contributed by atoms with Gasteiger partial charge in [-0.2, -0.15) is 0 Å². The van der Waals surface area contributed by atoms with Crippen molar-refractivity contribution in [1.82, 2.24) is 20.6 Å². The molecule has 0 aliphatic rings. The number of benzene rings is 3. The van der Waals surface area contributed by atoms with E-state index >= 15 is 0 Å². The number of para-hydroxylation sites is 1. The molecule has 190 valence electrons. The summed E-state index contributed by atoms with van der Waals surface area (Å²) in [5.41, 5.74) is 3.21.